The van der Waals surface area contributed by atoms with Crippen LogP contribution in [-0.4, -0.2) is 34.0 Å². The molecular formula is C20H19N3O3. The molecule has 2 heterocycles. The van der Waals surface area contributed by atoms with Gasteiger partial charge in [0.05, 0.1) is 19.4 Å². The molecule has 6 heteroatoms. The van der Waals surface area contributed by atoms with Crippen LogP contribution in [0.1, 0.15) is 12.6 Å². The average Bonchev–Trinajstić information content (AvgIpc) is 3.02. The van der Waals surface area contributed by atoms with Gasteiger partial charge in [-0.15, -0.1) is 0 Å². The predicted octanol–water partition coefficient (Wildman–Crippen LogP) is 4.20. The van der Waals surface area contributed by atoms with Gasteiger partial charge in [-0.2, -0.15) is 5.10 Å². The molecule has 0 aliphatic carbocycles. The number of nitrogens with zero attached hydrogens (tertiary/aromatic N) is 2. The van der Waals surface area contributed by atoms with E-state index in [1.165, 1.54) is 0 Å². The number of H-pyrrole nitrogens is 1. The lowest BCUT2D eigenvalue weighted by Gasteiger charge is -2.14. The van der Waals surface area contributed by atoms with E-state index in [0.29, 0.717) is 23.8 Å². The van der Waals surface area contributed by atoms with E-state index in [-0.39, 0.29) is 5.75 Å². The maximum atomic E-state index is 9.60. The molecule has 0 fully saturated rings. The Labute approximate surface area is 150 Å². The Bertz CT molecular complexity index is 1100. The van der Waals surface area contributed by atoms with Crippen molar-refractivity contribution in [3.63, 3.8) is 0 Å². The highest BCUT2D eigenvalue weighted by Gasteiger charge is 2.17. The van der Waals surface area contributed by atoms with Crippen LogP contribution in [0.4, 0.5) is 0 Å². The second-order valence-electron chi connectivity index (χ2n) is 6.04. The summed E-state index contributed by atoms with van der Waals surface area (Å²) in [5.74, 6) is 1.56. The average molecular weight is 349 g/mol. The van der Waals surface area contributed by atoms with E-state index in [2.05, 4.69) is 10.2 Å². The van der Waals surface area contributed by atoms with Gasteiger partial charge in [0.2, 0.25) is 0 Å². The first-order valence-corrected chi connectivity index (χ1v) is 8.41. The lowest BCUT2D eigenvalue weighted by molar-refractivity contribution is 0.311. The summed E-state index contributed by atoms with van der Waals surface area (Å²) in [6, 6.07) is 10.9. The molecular weight excluding hydrogens is 330 g/mol. The van der Waals surface area contributed by atoms with Gasteiger partial charge in [0, 0.05) is 27.4 Å². The molecule has 2 aromatic heterocycles. The second-order valence-corrected chi connectivity index (χ2v) is 6.04. The van der Waals surface area contributed by atoms with Crippen molar-refractivity contribution in [1.29, 1.82) is 0 Å². The van der Waals surface area contributed by atoms with Crippen molar-refractivity contribution in [2.75, 3.05) is 13.7 Å². The number of aromatic nitrogens is 3. The number of ether oxygens (including phenoxy) is 2. The van der Waals surface area contributed by atoms with Crippen LogP contribution >= 0.6 is 0 Å². The molecule has 0 aliphatic heterocycles. The van der Waals surface area contributed by atoms with Crippen LogP contribution in [0.15, 0.2) is 36.4 Å². The number of pyridine rings is 1. The van der Waals surface area contributed by atoms with Crippen molar-refractivity contribution < 1.29 is 14.6 Å². The summed E-state index contributed by atoms with van der Waals surface area (Å²) in [7, 11) is 1.62. The largest absolute Gasteiger partial charge is 0.508 e. The SMILES string of the molecule is CCOc1cc2c(cc1OC)c(-c1ccc(O)cc1)nc1n[nH]c(C)c12. The fourth-order valence-electron chi connectivity index (χ4n) is 3.22. The summed E-state index contributed by atoms with van der Waals surface area (Å²) in [6.07, 6.45) is 0. The van der Waals surface area contributed by atoms with E-state index >= 15 is 0 Å². The number of fused-ring (bicyclic) bond motifs is 3. The van der Waals surface area contributed by atoms with Crippen molar-refractivity contribution in [2.24, 2.45) is 0 Å². The molecule has 2 N–H and O–H groups in total. The Balaban J connectivity index is 2.11. The first kappa shape index (κ1) is 16.2. The molecule has 132 valence electrons. The third-order valence-electron chi connectivity index (χ3n) is 4.41. The fourth-order valence-corrected chi connectivity index (χ4v) is 3.22. The molecule has 0 atom stereocenters. The molecule has 0 amide bonds. The molecule has 0 saturated carbocycles. The number of hydrogen-bond donors (Lipinski definition) is 2. The Hall–Kier alpha value is -3.28. The number of rotatable bonds is 4. The first-order chi connectivity index (χ1) is 12.6. The van der Waals surface area contributed by atoms with Crippen molar-refractivity contribution in [1.82, 2.24) is 15.2 Å². The summed E-state index contributed by atoms with van der Waals surface area (Å²) in [6.45, 7) is 4.46. The lowest BCUT2D eigenvalue weighted by Crippen LogP contribution is -1.97. The fraction of sp³-hybridized carbons (Fsp3) is 0.200. The second kappa shape index (κ2) is 6.22. The molecule has 6 nitrogen and oxygen atoms in total. The van der Waals surface area contributed by atoms with Crippen molar-refractivity contribution in [2.45, 2.75) is 13.8 Å². The Morgan fingerprint density at radius 2 is 1.81 bits per heavy atom. The number of methoxy groups -OCH3 is 1. The van der Waals surface area contributed by atoms with Crippen molar-refractivity contribution in [3.05, 3.63) is 42.1 Å². The quantitative estimate of drug-likeness (QED) is 0.577. The van der Waals surface area contributed by atoms with Crippen LogP contribution in [0.25, 0.3) is 33.1 Å². The molecule has 0 spiro atoms. The van der Waals surface area contributed by atoms with Gasteiger partial charge < -0.3 is 14.6 Å². The van der Waals surface area contributed by atoms with Crippen LogP contribution in [0.2, 0.25) is 0 Å². The summed E-state index contributed by atoms with van der Waals surface area (Å²) in [5.41, 5.74) is 3.26. The van der Waals surface area contributed by atoms with Gasteiger partial charge in [0.1, 0.15) is 5.75 Å². The maximum Gasteiger partial charge on any atom is 0.182 e. The van der Waals surface area contributed by atoms with E-state index in [4.69, 9.17) is 14.5 Å². The number of phenols is 1. The number of aryl methyl sites for hydroxylation is 1. The predicted molar refractivity (Wildman–Crippen MR) is 101 cm³/mol. The summed E-state index contributed by atoms with van der Waals surface area (Å²) in [4.78, 5) is 4.75. The molecule has 4 rings (SSSR count). The topological polar surface area (TPSA) is 80.3 Å². The van der Waals surface area contributed by atoms with Gasteiger partial charge in [-0.3, -0.25) is 5.10 Å². The van der Waals surface area contributed by atoms with Crippen molar-refractivity contribution in [3.8, 4) is 28.5 Å². The van der Waals surface area contributed by atoms with Gasteiger partial charge in [0.25, 0.3) is 0 Å². The highest BCUT2D eigenvalue weighted by atomic mass is 16.5. The summed E-state index contributed by atoms with van der Waals surface area (Å²) >= 11 is 0. The summed E-state index contributed by atoms with van der Waals surface area (Å²) < 4.78 is 11.3. The van der Waals surface area contributed by atoms with Crippen LogP contribution < -0.4 is 9.47 Å². The van der Waals surface area contributed by atoms with Crippen molar-refractivity contribution >= 4 is 21.8 Å². The first-order valence-electron chi connectivity index (χ1n) is 8.41. The zero-order chi connectivity index (χ0) is 18.3. The number of nitrogens with one attached hydrogen (secondary N) is 1. The minimum atomic E-state index is 0.214. The number of aromatic hydroxyl groups is 1. The molecule has 2 aromatic carbocycles. The van der Waals surface area contributed by atoms with E-state index < -0.39 is 0 Å². The number of phenolic OH excluding ortho intramolecular Hbond substituents is 1. The van der Waals surface area contributed by atoms with E-state index in [9.17, 15) is 5.11 Å². The molecule has 0 radical (unpaired) electrons. The van der Waals surface area contributed by atoms with E-state index in [1.54, 1.807) is 19.2 Å². The van der Waals surface area contributed by atoms with Crippen LogP contribution in [0, 0.1) is 6.92 Å². The number of hydrogen-bond acceptors (Lipinski definition) is 5. The smallest absolute Gasteiger partial charge is 0.182 e. The third-order valence-corrected chi connectivity index (χ3v) is 4.41. The Kier molecular flexibility index (Phi) is 3.88. The monoisotopic (exact) mass is 349 g/mol. The van der Waals surface area contributed by atoms with E-state index in [0.717, 1.165) is 33.1 Å². The minimum Gasteiger partial charge on any atom is -0.508 e. The Morgan fingerprint density at radius 3 is 2.50 bits per heavy atom. The third kappa shape index (κ3) is 2.50. The van der Waals surface area contributed by atoms with Gasteiger partial charge in [-0.05, 0) is 50.2 Å². The highest BCUT2D eigenvalue weighted by molar-refractivity contribution is 6.12. The van der Waals surface area contributed by atoms with Gasteiger partial charge in [-0.1, -0.05) is 0 Å². The molecule has 0 saturated heterocycles. The zero-order valence-corrected chi connectivity index (χ0v) is 14.8. The molecule has 0 unspecified atom stereocenters. The normalized spacial score (nSPS) is 11.2. The van der Waals surface area contributed by atoms with Gasteiger partial charge in [-0.25, -0.2) is 4.98 Å². The van der Waals surface area contributed by atoms with Crippen LogP contribution in [-0.2, 0) is 0 Å². The van der Waals surface area contributed by atoms with Crippen LogP contribution in [0.3, 0.4) is 0 Å². The molecule has 4 aromatic rings. The number of aromatic amines is 1. The molecule has 26 heavy (non-hydrogen) atoms. The maximum absolute atomic E-state index is 9.60. The lowest BCUT2D eigenvalue weighted by atomic mass is 10.00. The highest BCUT2D eigenvalue weighted by Crippen LogP contribution is 2.40. The van der Waals surface area contributed by atoms with Gasteiger partial charge >= 0.3 is 0 Å². The molecule has 0 bridgehead atoms. The van der Waals surface area contributed by atoms with E-state index in [1.807, 2.05) is 38.1 Å². The zero-order valence-electron chi connectivity index (χ0n) is 14.8. The standard InChI is InChI=1S/C20H19N3O3/c1-4-26-17-9-14-15(10-16(17)25-3)19(12-5-7-13(24)8-6-12)21-20-18(14)11(2)22-23-20/h5-10,24H,4H2,1-3H3,(H,21,22,23). The van der Waals surface area contributed by atoms with Crippen LogP contribution in [0.5, 0.6) is 17.2 Å². The van der Waals surface area contributed by atoms with Gasteiger partial charge in [0.15, 0.2) is 17.1 Å². The number of benzene rings is 2. The molecule has 0 aliphatic rings. The Morgan fingerprint density at radius 1 is 1.08 bits per heavy atom. The minimum absolute atomic E-state index is 0.214. The summed E-state index contributed by atoms with van der Waals surface area (Å²) in [5, 5.41) is 19.8.